The molecule has 0 aliphatic carbocycles. The van der Waals surface area contributed by atoms with Crippen molar-refractivity contribution in [2.75, 3.05) is 13.1 Å². The summed E-state index contributed by atoms with van der Waals surface area (Å²) >= 11 is 11.9. The zero-order valence-electron chi connectivity index (χ0n) is 8.80. The highest BCUT2D eigenvalue weighted by atomic mass is 35.5. The van der Waals surface area contributed by atoms with Crippen molar-refractivity contribution in [3.8, 4) is 0 Å². The van der Waals surface area contributed by atoms with Gasteiger partial charge in [-0.05, 0) is 30.7 Å². The van der Waals surface area contributed by atoms with E-state index in [9.17, 15) is 4.79 Å². The van der Waals surface area contributed by atoms with Crippen molar-refractivity contribution in [3.05, 3.63) is 33.8 Å². The van der Waals surface area contributed by atoms with Gasteiger partial charge in [-0.15, -0.1) is 0 Å². The minimum Gasteiger partial charge on any atom is -0.356 e. The maximum atomic E-state index is 11.5. The van der Waals surface area contributed by atoms with Gasteiger partial charge in [0.1, 0.15) is 0 Å². The lowest BCUT2D eigenvalue weighted by Crippen LogP contribution is -2.27. The number of nitrogens with two attached hydrogens (primary N) is 1. The second-order valence-electron chi connectivity index (χ2n) is 3.37. The number of amides is 1. The fourth-order valence-electron chi connectivity index (χ4n) is 1.25. The molecule has 3 nitrogen and oxygen atoms in total. The maximum absolute atomic E-state index is 11.5. The van der Waals surface area contributed by atoms with Crippen LogP contribution in [0.3, 0.4) is 0 Å². The average Bonchev–Trinajstić information content (AvgIpc) is 2.24. The molecule has 0 aliphatic rings. The first-order valence-electron chi connectivity index (χ1n) is 5.05. The number of benzene rings is 1. The van der Waals surface area contributed by atoms with E-state index in [1.807, 2.05) is 0 Å². The summed E-state index contributed by atoms with van der Waals surface area (Å²) in [4.78, 5) is 11.5. The number of halogens is 2. The quantitative estimate of drug-likeness (QED) is 0.796. The van der Waals surface area contributed by atoms with Crippen molar-refractivity contribution < 1.29 is 4.79 Å². The van der Waals surface area contributed by atoms with Crippen LogP contribution in [0, 0.1) is 0 Å². The van der Waals surface area contributed by atoms with Gasteiger partial charge in [-0.3, -0.25) is 4.79 Å². The third-order valence-corrected chi connectivity index (χ3v) is 2.81. The fraction of sp³-hybridized carbons (Fsp3) is 0.364. The minimum absolute atomic E-state index is 0.0940. The number of hydrogen-bond acceptors (Lipinski definition) is 2. The summed E-state index contributed by atoms with van der Waals surface area (Å²) in [7, 11) is 0. The second-order valence-corrected chi connectivity index (χ2v) is 4.18. The molecule has 0 atom stereocenters. The summed E-state index contributed by atoms with van der Waals surface area (Å²) in [6.45, 7) is 1.14. The normalized spacial score (nSPS) is 10.2. The van der Waals surface area contributed by atoms with Crippen molar-refractivity contribution in [1.82, 2.24) is 5.32 Å². The smallest absolute Gasteiger partial charge is 0.224 e. The first-order chi connectivity index (χ1) is 7.65. The summed E-state index contributed by atoms with van der Waals surface area (Å²) in [5, 5.41) is 3.78. The fourth-order valence-corrected chi connectivity index (χ4v) is 1.79. The molecule has 16 heavy (non-hydrogen) atoms. The van der Waals surface area contributed by atoms with Gasteiger partial charge in [-0.1, -0.05) is 29.3 Å². The van der Waals surface area contributed by atoms with E-state index in [1.54, 1.807) is 18.2 Å². The molecule has 0 unspecified atom stereocenters. The number of carbonyl (C=O) groups excluding carboxylic acids is 1. The van der Waals surface area contributed by atoms with Crippen molar-refractivity contribution in [2.24, 2.45) is 5.73 Å². The SMILES string of the molecule is NCCCNC(=O)Cc1c(Cl)cccc1Cl. The molecular formula is C11H14Cl2N2O. The third-order valence-electron chi connectivity index (χ3n) is 2.10. The van der Waals surface area contributed by atoms with Crippen LogP contribution in [-0.2, 0) is 11.2 Å². The van der Waals surface area contributed by atoms with Crippen LogP contribution in [0.1, 0.15) is 12.0 Å². The van der Waals surface area contributed by atoms with Gasteiger partial charge in [-0.25, -0.2) is 0 Å². The molecule has 0 fully saturated rings. The maximum Gasteiger partial charge on any atom is 0.224 e. The highest BCUT2D eigenvalue weighted by Gasteiger charge is 2.09. The summed E-state index contributed by atoms with van der Waals surface area (Å²) in [6.07, 6.45) is 0.963. The number of nitrogens with one attached hydrogen (secondary N) is 1. The van der Waals surface area contributed by atoms with E-state index >= 15 is 0 Å². The van der Waals surface area contributed by atoms with E-state index in [1.165, 1.54) is 0 Å². The number of rotatable bonds is 5. The lowest BCUT2D eigenvalue weighted by atomic mass is 10.1. The Balaban J connectivity index is 2.56. The predicted molar refractivity (Wildman–Crippen MR) is 66.8 cm³/mol. The van der Waals surface area contributed by atoms with Gasteiger partial charge >= 0.3 is 0 Å². The summed E-state index contributed by atoms with van der Waals surface area (Å²) < 4.78 is 0. The molecule has 1 rings (SSSR count). The monoisotopic (exact) mass is 260 g/mol. The molecule has 0 aromatic heterocycles. The van der Waals surface area contributed by atoms with Crippen LogP contribution in [0.25, 0.3) is 0 Å². The minimum atomic E-state index is -0.0940. The predicted octanol–water partition coefficient (Wildman–Crippen LogP) is 2.00. The second kappa shape index (κ2) is 6.74. The van der Waals surface area contributed by atoms with E-state index < -0.39 is 0 Å². The van der Waals surface area contributed by atoms with Crippen LogP contribution in [0.2, 0.25) is 10.0 Å². The molecule has 3 N–H and O–H groups in total. The molecule has 0 saturated heterocycles. The zero-order valence-corrected chi connectivity index (χ0v) is 10.3. The molecule has 0 bridgehead atoms. The van der Waals surface area contributed by atoms with Crippen molar-refractivity contribution >= 4 is 29.1 Å². The zero-order chi connectivity index (χ0) is 12.0. The summed E-state index contributed by atoms with van der Waals surface area (Å²) in [5.74, 6) is -0.0940. The van der Waals surface area contributed by atoms with Gasteiger partial charge in [0.05, 0.1) is 6.42 Å². The van der Waals surface area contributed by atoms with Gasteiger partial charge in [0.2, 0.25) is 5.91 Å². The molecule has 1 amide bonds. The molecule has 5 heteroatoms. The van der Waals surface area contributed by atoms with Gasteiger partial charge < -0.3 is 11.1 Å². The molecule has 88 valence electrons. The standard InChI is InChI=1S/C11H14Cl2N2O/c12-9-3-1-4-10(13)8(9)7-11(16)15-6-2-5-14/h1,3-4H,2,5-7,14H2,(H,15,16). The van der Waals surface area contributed by atoms with Crippen molar-refractivity contribution in [1.29, 1.82) is 0 Å². The molecule has 0 radical (unpaired) electrons. The molecule has 0 spiro atoms. The van der Waals surface area contributed by atoms with Crippen LogP contribution in [0.15, 0.2) is 18.2 Å². The highest BCUT2D eigenvalue weighted by Crippen LogP contribution is 2.24. The van der Waals surface area contributed by atoms with E-state index in [-0.39, 0.29) is 12.3 Å². The van der Waals surface area contributed by atoms with Crippen LogP contribution < -0.4 is 11.1 Å². The Kier molecular flexibility index (Phi) is 5.60. The largest absolute Gasteiger partial charge is 0.356 e. The number of hydrogen-bond donors (Lipinski definition) is 2. The summed E-state index contributed by atoms with van der Waals surface area (Å²) in [6, 6.07) is 5.19. The van der Waals surface area contributed by atoms with E-state index in [4.69, 9.17) is 28.9 Å². The van der Waals surface area contributed by atoms with Gasteiger partial charge in [0.15, 0.2) is 0 Å². The Morgan fingerprint density at radius 1 is 1.31 bits per heavy atom. The van der Waals surface area contributed by atoms with Crippen LogP contribution in [0.4, 0.5) is 0 Å². The molecule has 0 saturated carbocycles. The molecule has 0 aliphatic heterocycles. The van der Waals surface area contributed by atoms with E-state index in [0.29, 0.717) is 28.7 Å². The molecular weight excluding hydrogens is 247 g/mol. The molecule has 1 aromatic carbocycles. The number of carbonyl (C=O) groups is 1. The third kappa shape index (κ3) is 4.00. The van der Waals surface area contributed by atoms with Crippen molar-refractivity contribution in [2.45, 2.75) is 12.8 Å². The molecule has 1 aromatic rings. The Labute approximate surface area is 105 Å². The Morgan fingerprint density at radius 3 is 2.50 bits per heavy atom. The lowest BCUT2D eigenvalue weighted by Gasteiger charge is -2.07. The van der Waals surface area contributed by atoms with Crippen LogP contribution in [-0.4, -0.2) is 19.0 Å². The topological polar surface area (TPSA) is 55.1 Å². The first-order valence-corrected chi connectivity index (χ1v) is 5.80. The van der Waals surface area contributed by atoms with Crippen molar-refractivity contribution in [3.63, 3.8) is 0 Å². The Morgan fingerprint density at radius 2 is 1.94 bits per heavy atom. The van der Waals surface area contributed by atoms with Gasteiger partial charge in [0.25, 0.3) is 0 Å². The van der Waals surface area contributed by atoms with Crippen LogP contribution >= 0.6 is 23.2 Å². The van der Waals surface area contributed by atoms with E-state index in [2.05, 4.69) is 5.32 Å². The Bertz CT molecular complexity index is 349. The Hall–Kier alpha value is -0.770. The average molecular weight is 261 g/mol. The summed E-state index contributed by atoms with van der Waals surface area (Å²) in [5.41, 5.74) is 5.99. The van der Waals surface area contributed by atoms with Gasteiger partial charge in [0, 0.05) is 16.6 Å². The first kappa shape index (κ1) is 13.3. The lowest BCUT2D eigenvalue weighted by molar-refractivity contribution is -0.120. The van der Waals surface area contributed by atoms with Crippen LogP contribution in [0.5, 0.6) is 0 Å². The van der Waals surface area contributed by atoms with Gasteiger partial charge in [-0.2, -0.15) is 0 Å². The molecule has 0 heterocycles. The van der Waals surface area contributed by atoms with E-state index in [0.717, 1.165) is 6.42 Å². The highest BCUT2D eigenvalue weighted by molar-refractivity contribution is 6.36.